The van der Waals surface area contributed by atoms with Crippen molar-refractivity contribution in [1.29, 1.82) is 0 Å². The molecular formula is C22H32N4O. The third-order valence-corrected chi connectivity index (χ3v) is 5.38. The average molecular weight is 369 g/mol. The summed E-state index contributed by atoms with van der Waals surface area (Å²) in [5, 5.41) is 7.54. The molecular weight excluding hydrogens is 336 g/mol. The summed E-state index contributed by atoms with van der Waals surface area (Å²) in [6.45, 7) is 9.28. The fourth-order valence-electron chi connectivity index (χ4n) is 3.96. The SMILES string of the molecule is CCc1c(C(=O)NCCCN2CCCC(C)C2)cnn1Cc1ccccc1. The highest BCUT2D eigenvalue weighted by Crippen LogP contribution is 2.15. The maximum atomic E-state index is 12.6. The summed E-state index contributed by atoms with van der Waals surface area (Å²) in [4.78, 5) is 15.1. The lowest BCUT2D eigenvalue weighted by Gasteiger charge is -2.30. The van der Waals surface area contributed by atoms with E-state index in [-0.39, 0.29) is 5.91 Å². The van der Waals surface area contributed by atoms with Gasteiger partial charge in [0.15, 0.2) is 0 Å². The van der Waals surface area contributed by atoms with E-state index in [1.807, 2.05) is 22.9 Å². The van der Waals surface area contributed by atoms with Gasteiger partial charge in [-0.2, -0.15) is 5.10 Å². The van der Waals surface area contributed by atoms with Crippen molar-refractivity contribution in [3.8, 4) is 0 Å². The minimum Gasteiger partial charge on any atom is -0.352 e. The molecule has 5 heteroatoms. The van der Waals surface area contributed by atoms with Gasteiger partial charge in [-0.05, 0) is 50.3 Å². The number of amides is 1. The van der Waals surface area contributed by atoms with E-state index in [2.05, 4.69) is 41.3 Å². The molecule has 1 fully saturated rings. The van der Waals surface area contributed by atoms with E-state index in [0.29, 0.717) is 12.1 Å². The lowest BCUT2D eigenvalue weighted by atomic mass is 10.0. The molecule has 1 aromatic carbocycles. The summed E-state index contributed by atoms with van der Waals surface area (Å²) >= 11 is 0. The van der Waals surface area contributed by atoms with Crippen molar-refractivity contribution >= 4 is 5.91 Å². The molecule has 3 rings (SSSR count). The second kappa shape index (κ2) is 9.70. The molecule has 27 heavy (non-hydrogen) atoms. The highest BCUT2D eigenvalue weighted by Gasteiger charge is 2.17. The van der Waals surface area contributed by atoms with E-state index in [4.69, 9.17) is 0 Å². The van der Waals surface area contributed by atoms with Crippen molar-refractivity contribution in [3.05, 3.63) is 53.3 Å². The summed E-state index contributed by atoms with van der Waals surface area (Å²) in [5.74, 6) is 0.800. The molecule has 1 aliphatic rings. The van der Waals surface area contributed by atoms with Gasteiger partial charge < -0.3 is 10.2 Å². The smallest absolute Gasteiger partial charge is 0.254 e. The lowest BCUT2D eigenvalue weighted by molar-refractivity contribution is 0.0949. The first kappa shape index (κ1) is 19.6. The molecule has 1 aliphatic heterocycles. The molecule has 0 radical (unpaired) electrons. The van der Waals surface area contributed by atoms with Crippen molar-refractivity contribution in [3.63, 3.8) is 0 Å². The number of nitrogens with zero attached hydrogens (tertiary/aromatic N) is 3. The van der Waals surface area contributed by atoms with E-state index in [0.717, 1.165) is 37.5 Å². The second-order valence-electron chi connectivity index (χ2n) is 7.66. The van der Waals surface area contributed by atoms with Gasteiger partial charge in [-0.1, -0.05) is 44.2 Å². The van der Waals surface area contributed by atoms with Crippen molar-refractivity contribution in [2.24, 2.45) is 5.92 Å². The first-order valence-corrected chi connectivity index (χ1v) is 10.3. The number of hydrogen-bond acceptors (Lipinski definition) is 3. The molecule has 2 aromatic rings. The molecule has 1 amide bonds. The summed E-state index contributed by atoms with van der Waals surface area (Å²) in [6.07, 6.45) is 6.15. The molecule has 1 N–H and O–H groups in total. The number of carbonyl (C=O) groups is 1. The van der Waals surface area contributed by atoms with Crippen LogP contribution in [0.2, 0.25) is 0 Å². The van der Waals surface area contributed by atoms with E-state index in [1.165, 1.54) is 31.5 Å². The van der Waals surface area contributed by atoms with Gasteiger partial charge in [-0.3, -0.25) is 9.48 Å². The van der Waals surface area contributed by atoms with Crippen molar-refractivity contribution < 1.29 is 4.79 Å². The fourth-order valence-corrected chi connectivity index (χ4v) is 3.96. The van der Waals surface area contributed by atoms with Crippen molar-refractivity contribution in [1.82, 2.24) is 20.0 Å². The van der Waals surface area contributed by atoms with Gasteiger partial charge in [0, 0.05) is 13.1 Å². The Balaban J connectivity index is 1.50. The average Bonchev–Trinajstić information content (AvgIpc) is 3.08. The first-order valence-electron chi connectivity index (χ1n) is 10.3. The molecule has 1 saturated heterocycles. The number of aromatic nitrogens is 2. The lowest BCUT2D eigenvalue weighted by Crippen LogP contribution is -2.36. The standard InChI is InChI=1S/C22H32N4O/c1-3-21-20(15-24-26(21)17-19-10-5-4-6-11-19)22(27)23-12-8-14-25-13-7-9-18(2)16-25/h4-6,10-11,15,18H,3,7-9,12-14,16-17H2,1-2H3,(H,23,27). The maximum Gasteiger partial charge on any atom is 0.254 e. The van der Waals surface area contributed by atoms with Crippen LogP contribution in [-0.2, 0) is 13.0 Å². The molecule has 2 heterocycles. The van der Waals surface area contributed by atoms with Crippen LogP contribution >= 0.6 is 0 Å². The van der Waals surface area contributed by atoms with Crippen LogP contribution in [0.3, 0.4) is 0 Å². The Morgan fingerprint density at radius 3 is 2.85 bits per heavy atom. The number of benzene rings is 1. The molecule has 146 valence electrons. The highest BCUT2D eigenvalue weighted by atomic mass is 16.1. The van der Waals surface area contributed by atoms with Gasteiger partial charge in [0.25, 0.3) is 5.91 Å². The third kappa shape index (κ3) is 5.42. The van der Waals surface area contributed by atoms with Gasteiger partial charge in [0.2, 0.25) is 0 Å². The van der Waals surface area contributed by atoms with E-state index >= 15 is 0 Å². The van der Waals surface area contributed by atoms with Crippen LogP contribution in [0.4, 0.5) is 0 Å². The monoisotopic (exact) mass is 368 g/mol. The zero-order chi connectivity index (χ0) is 19.1. The Morgan fingerprint density at radius 1 is 1.30 bits per heavy atom. The van der Waals surface area contributed by atoms with Gasteiger partial charge in [0.1, 0.15) is 0 Å². The van der Waals surface area contributed by atoms with Gasteiger partial charge >= 0.3 is 0 Å². The zero-order valence-corrected chi connectivity index (χ0v) is 16.7. The van der Waals surface area contributed by atoms with Gasteiger partial charge in [-0.15, -0.1) is 0 Å². The maximum absolute atomic E-state index is 12.6. The quantitative estimate of drug-likeness (QED) is 0.727. The molecule has 0 bridgehead atoms. The number of carbonyl (C=O) groups excluding carboxylic acids is 1. The van der Waals surface area contributed by atoms with Crippen LogP contribution < -0.4 is 5.32 Å². The second-order valence-corrected chi connectivity index (χ2v) is 7.66. The third-order valence-electron chi connectivity index (χ3n) is 5.38. The van der Waals surface area contributed by atoms with Gasteiger partial charge in [0.05, 0.1) is 24.0 Å². The molecule has 0 aliphatic carbocycles. The Hall–Kier alpha value is -2.14. The Bertz CT molecular complexity index is 725. The summed E-state index contributed by atoms with van der Waals surface area (Å²) in [5.41, 5.74) is 2.90. The van der Waals surface area contributed by atoms with Crippen molar-refractivity contribution in [2.75, 3.05) is 26.2 Å². The molecule has 1 unspecified atom stereocenters. The summed E-state index contributed by atoms with van der Waals surface area (Å²) in [6, 6.07) is 10.2. The minimum atomic E-state index is -0.00169. The number of hydrogen-bond donors (Lipinski definition) is 1. The molecule has 1 aromatic heterocycles. The number of piperidine rings is 1. The largest absolute Gasteiger partial charge is 0.352 e. The Labute approximate surface area is 162 Å². The van der Waals surface area contributed by atoms with E-state index in [1.54, 1.807) is 6.20 Å². The summed E-state index contributed by atoms with van der Waals surface area (Å²) in [7, 11) is 0. The highest BCUT2D eigenvalue weighted by molar-refractivity contribution is 5.95. The van der Waals surface area contributed by atoms with Crippen LogP contribution in [0.1, 0.15) is 54.7 Å². The molecule has 1 atom stereocenters. The predicted molar refractivity (Wildman–Crippen MR) is 109 cm³/mol. The number of likely N-dealkylation sites (tertiary alicyclic amines) is 1. The van der Waals surface area contributed by atoms with Crippen molar-refractivity contribution in [2.45, 2.75) is 46.1 Å². The van der Waals surface area contributed by atoms with Crippen LogP contribution in [0, 0.1) is 5.92 Å². The molecule has 0 saturated carbocycles. The van der Waals surface area contributed by atoms with E-state index in [9.17, 15) is 4.79 Å². The Kier molecular flexibility index (Phi) is 7.04. The van der Waals surface area contributed by atoms with E-state index < -0.39 is 0 Å². The minimum absolute atomic E-state index is 0.00169. The first-order chi connectivity index (χ1) is 13.2. The fraction of sp³-hybridized carbons (Fsp3) is 0.545. The van der Waals surface area contributed by atoms with Crippen LogP contribution in [0.5, 0.6) is 0 Å². The normalized spacial score (nSPS) is 17.8. The van der Waals surface area contributed by atoms with Gasteiger partial charge in [-0.25, -0.2) is 0 Å². The summed E-state index contributed by atoms with van der Waals surface area (Å²) < 4.78 is 1.94. The van der Waals surface area contributed by atoms with Crippen LogP contribution in [-0.4, -0.2) is 46.8 Å². The zero-order valence-electron chi connectivity index (χ0n) is 16.7. The number of rotatable bonds is 8. The number of nitrogens with one attached hydrogen (secondary N) is 1. The Morgan fingerprint density at radius 2 is 2.11 bits per heavy atom. The van der Waals surface area contributed by atoms with Crippen LogP contribution in [0.25, 0.3) is 0 Å². The predicted octanol–water partition coefficient (Wildman–Crippen LogP) is 3.35. The van der Waals surface area contributed by atoms with Crippen LogP contribution in [0.15, 0.2) is 36.5 Å². The topological polar surface area (TPSA) is 50.2 Å². The molecule has 0 spiro atoms. The molecule has 5 nitrogen and oxygen atoms in total.